The summed E-state index contributed by atoms with van der Waals surface area (Å²) in [5.41, 5.74) is 1.17. The Hall–Kier alpha value is -2.30. The molecular formula is C14H18N4O. The van der Waals surface area contributed by atoms with Gasteiger partial charge in [0.25, 0.3) is 0 Å². The summed E-state index contributed by atoms with van der Waals surface area (Å²) in [4.78, 5) is 10.4. The van der Waals surface area contributed by atoms with Gasteiger partial charge >= 0.3 is 0 Å². The molecule has 0 fully saturated rings. The molecule has 0 unspecified atom stereocenters. The van der Waals surface area contributed by atoms with Crippen molar-refractivity contribution in [3.8, 4) is 5.75 Å². The smallest absolute Gasteiger partial charge is 0.134 e. The molecule has 0 atom stereocenters. The zero-order valence-electron chi connectivity index (χ0n) is 11.4. The zero-order valence-corrected chi connectivity index (χ0v) is 11.4. The summed E-state index contributed by atoms with van der Waals surface area (Å²) < 4.78 is 5.22. The average Bonchev–Trinajstić information content (AvgIpc) is 2.47. The third-order valence-electron chi connectivity index (χ3n) is 2.85. The van der Waals surface area contributed by atoms with Crippen molar-refractivity contribution < 1.29 is 4.74 Å². The van der Waals surface area contributed by atoms with E-state index in [0.717, 1.165) is 23.9 Å². The number of benzene rings is 1. The van der Waals surface area contributed by atoms with E-state index in [9.17, 15) is 0 Å². The molecule has 0 saturated carbocycles. The lowest BCUT2D eigenvalue weighted by atomic mass is 10.2. The maximum Gasteiger partial charge on any atom is 0.134 e. The van der Waals surface area contributed by atoms with Crippen LogP contribution >= 0.6 is 0 Å². The van der Waals surface area contributed by atoms with Crippen LogP contribution in [0.25, 0.3) is 0 Å². The van der Waals surface area contributed by atoms with Gasteiger partial charge in [0.15, 0.2) is 0 Å². The number of aromatic nitrogens is 2. The molecule has 0 amide bonds. The van der Waals surface area contributed by atoms with Gasteiger partial charge in [0.05, 0.1) is 7.11 Å². The Kier molecular flexibility index (Phi) is 4.18. The molecule has 1 aromatic heterocycles. The first-order chi connectivity index (χ1) is 9.22. The normalized spacial score (nSPS) is 10.1. The van der Waals surface area contributed by atoms with Crippen molar-refractivity contribution in [2.24, 2.45) is 0 Å². The largest absolute Gasteiger partial charge is 0.497 e. The van der Waals surface area contributed by atoms with E-state index in [-0.39, 0.29) is 0 Å². The van der Waals surface area contributed by atoms with Crippen molar-refractivity contribution in [3.63, 3.8) is 0 Å². The molecule has 1 heterocycles. The van der Waals surface area contributed by atoms with Crippen LogP contribution in [0, 0.1) is 0 Å². The summed E-state index contributed by atoms with van der Waals surface area (Å²) >= 11 is 0. The van der Waals surface area contributed by atoms with E-state index in [2.05, 4.69) is 26.3 Å². The predicted molar refractivity (Wildman–Crippen MR) is 76.7 cm³/mol. The fourth-order valence-corrected chi connectivity index (χ4v) is 1.82. The molecule has 2 aromatic rings. The second kappa shape index (κ2) is 6.04. The maximum atomic E-state index is 5.22. The average molecular weight is 258 g/mol. The van der Waals surface area contributed by atoms with Crippen LogP contribution in [0.1, 0.15) is 5.56 Å². The number of rotatable bonds is 5. The van der Waals surface area contributed by atoms with Crippen LogP contribution < -0.4 is 15.0 Å². The number of ether oxygens (including phenoxy) is 1. The molecule has 1 aromatic carbocycles. The molecule has 5 heteroatoms. The molecule has 0 spiro atoms. The number of hydrogen-bond acceptors (Lipinski definition) is 5. The Bertz CT molecular complexity index is 544. The van der Waals surface area contributed by atoms with Crippen molar-refractivity contribution in [3.05, 3.63) is 42.2 Å². The molecule has 0 saturated heterocycles. The van der Waals surface area contributed by atoms with Gasteiger partial charge < -0.3 is 15.0 Å². The highest BCUT2D eigenvalue weighted by Gasteiger charge is 2.05. The Labute approximate surface area is 113 Å². The van der Waals surface area contributed by atoms with E-state index in [0.29, 0.717) is 0 Å². The molecule has 100 valence electrons. The van der Waals surface area contributed by atoms with E-state index in [1.165, 1.54) is 5.56 Å². The zero-order chi connectivity index (χ0) is 13.7. The quantitative estimate of drug-likeness (QED) is 0.890. The van der Waals surface area contributed by atoms with Crippen molar-refractivity contribution in [2.45, 2.75) is 6.54 Å². The molecule has 0 bridgehead atoms. The lowest BCUT2D eigenvalue weighted by molar-refractivity contribution is 0.414. The fourth-order valence-electron chi connectivity index (χ4n) is 1.82. The number of nitrogens with zero attached hydrogens (tertiary/aromatic N) is 3. The van der Waals surface area contributed by atoms with Crippen molar-refractivity contribution >= 4 is 11.6 Å². The molecule has 0 radical (unpaired) electrons. The van der Waals surface area contributed by atoms with E-state index in [4.69, 9.17) is 4.74 Å². The van der Waals surface area contributed by atoms with Crippen LogP contribution in [0.2, 0.25) is 0 Å². The van der Waals surface area contributed by atoms with Gasteiger partial charge in [-0.05, 0) is 17.7 Å². The fraction of sp³-hybridized carbons (Fsp3) is 0.286. The second-order valence-corrected chi connectivity index (χ2v) is 4.22. The highest BCUT2D eigenvalue weighted by molar-refractivity contribution is 5.48. The van der Waals surface area contributed by atoms with Gasteiger partial charge in [-0.25, -0.2) is 9.97 Å². The van der Waals surface area contributed by atoms with E-state index < -0.39 is 0 Å². The summed E-state index contributed by atoms with van der Waals surface area (Å²) in [7, 11) is 5.52. The highest BCUT2D eigenvalue weighted by atomic mass is 16.5. The van der Waals surface area contributed by atoms with Gasteiger partial charge in [-0.15, -0.1) is 0 Å². The van der Waals surface area contributed by atoms with Crippen LogP contribution in [0.5, 0.6) is 5.75 Å². The minimum atomic E-state index is 0.761. The summed E-state index contributed by atoms with van der Waals surface area (Å²) in [6.07, 6.45) is 1.56. The number of nitrogens with one attached hydrogen (secondary N) is 1. The minimum absolute atomic E-state index is 0.761. The molecule has 1 N–H and O–H groups in total. The van der Waals surface area contributed by atoms with Crippen molar-refractivity contribution in [2.75, 3.05) is 31.4 Å². The molecule has 0 aliphatic heterocycles. The Morgan fingerprint density at radius 3 is 2.84 bits per heavy atom. The third kappa shape index (κ3) is 3.34. The van der Waals surface area contributed by atoms with E-state index in [1.807, 2.05) is 38.4 Å². The lowest BCUT2D eigenvalue weighted by Crippen LogP contribution is -2.18. The molecular weight excluding hydrogens is 240 g/mol. The van der Waals surface area contributed by atoms with Crippen LogP contribution in [0.3, 0.4) is 0 Å². The summed E-state index contributed by atoms with van der Waals surface area (Å²) in [6, 6.07) is 9.93. The number of methoxy groups -OCH3 is 1. The molecule has 2 rings (SSSR count). The summed E-state index contributed by atoms with van der Waals surface area (Å²) in [5.74, 6) is 2.55. The van der Waals surface area contributed by atoms with Gasteiger partial charge in [-0.2, -0.15) is 0 Å². The van der Waals surface area contributed by atoms with Crippen LogP contribution in [-0.4, -0.2) is 31.2 Å². The van der Waals surface area contributed by atoms with Crippen LogP contribution in [-0.2, 0) is 6.54 Å². The molecule has 0 aliphatic rings. The van der Waals surface area contributed by atoms with E-state index in [1.54, 1.807) is 13.4 Å². The van der Waals surface area contributed by atoms with Gasteiger partial charge in [0.1, 0.15) is 23.7 Å². The lowest BCUT2D eigenvalue weighted by Gasteiger charge is -2.18. The van der Waals surface area contributed by atoms with Crippen LogP contribution in [0.15, 0.2) is 36.7 Å². The Morgan fingerprint density at radius 1 is 1.26 bits per heavy atom. The molecule has 0 aliphatic carbocycles. The van der Waals surface area contributed by atoms with Crippen LogP contribution in [0.4, 0.5) is 11.6 Å². The third-order valence-corrected chi connectivity index (χ3v) is 2.85. The Morgan fingerprint density at radius 2 is 2.11 bits per heavy atom. The first-order valence-electron chi connectivity index (χ1n) is 6.07. The first kappa shape index (κ1) is 13.1. The second-order valence-electron chi connectivity index (χ2n) is 4.22. The topological polar surface area (TPSA) is 50.3 Å². The minimum Gasteiger partial charge on any atom is -0.497 e. The molecule has 5 nitrogen and oxygen atoms in total. The monoisotopic (exact) mass is 258 g/mol. The maximum absolute atomic E-state index is 5.22. The standard InChI is InChI=1S/C14H18N4O/c1-15-13-8-14(17-10-16-13)18(2)9-11-5-4-6-12(7-11)19-3/h4-8,10H,9H2,1-3H3,(H,15,16,17). The van der Waals surface area contributed by atoms with Crippen molar-refractivity contribution in [1.82, 2.24) is 9.97 Å². The number of anilines is 2. The highest BCUT2D eigenvalue weighted by Crippen LogP contribution is 2.18. The first-order valence-corrected chi connectivity index (χ1v) is 6.07. The molecule has 19 heavy (non-hydrogen) atoms. The predicted octanol–water partition coefficient (Wildman–Crippen LogP) is 2.16. The van der Waals surface area contributed by atoms with Gasteiger partial charge in [0, 0.05) is 26.7 Å². The van der Waals surface area contributed by atoms with Gasteiger partial charge in [0.2, 0.25) is 0 Å². The summed E-state index contributed by atoms with van der Waals surface area (Å²) in [6.45, 7) is 0.761. The summed E-state index contributed by atoms with van der Waals surface area (Å²) in [5, 5.41) is 3.01. The van der Waals surface area contributed by atoms with Crippen molar-refractivity contribution in [1.29, 1.82) is 0 Å². The van der Waals surface area contributed by atoms with Gasteiger partial charge in [-0.3, -0.25) is 0 Å². The van der Waals surface area contributed by atoms with Gasteiger partial charge in [-0.1, -0.05) is 12.1 Å². The van der Waals surface area contributed by atoms with E-state index >= 15 is 0 Å². The SMILES string of the molecule is CNc1cc(N(C)Cc2cccc(OC)c2)ncn1. The Balaban J connectivity index is 2.13. The number of hydrogen-bond donors (Lipinski definition) is 1.